The summed E-state index contributed by atoms with van der Waals surface area (Å²) >= 11 is 0. The van der Waals surface area contributed by atoms with Crippen molar-refractivity contribution in [1.82, 2.24) is 20.2 Å². The van der Waals surface area contributed by atoms with Crippen molar-refractivity contribution in [2.24, 2.45) is 5.92 Å². The molecule has 0 aromatic carbocycles. The Morgan fingerprint density at radius 2 is 2.07 bits per heavy atom. The third-order valence-corrected chi connectivity index (χ3v) is 6.08. The highest BCUT2D eigenvalue weighted by atomic mass is 16.5. The molecular weight excluding hydrogens is 356 g/mol. The maximum absolute atomic E-state index is 11.9. The first-order valence-electron chi connectivity index (χ1n) is 10.6. The van der Waals surface area contributed by atoms with Crippen LogP contribution in [-0.4, -0.2) is 71.9 Å². The molecule has 4 rings (SSSR count). The van der Waals surface area contributed by atoms with Crippen LogP contribution in [0.5, 0.6) is 0 Å². The molecule has 2 amide bonds. The van der Waals surface area contributed by atoms with Gasteiger partial charge in [-0.25, -0.2) is 9.78 Å². The first-order valence-corrected chi connectivity index (χ1v) is 10.6. The van der Waals surface area contributed by atoms with Crippen LogP contribution in [0.2, 0.25) is 0 Å². The lowest BCUT2D eigenvalue weighted by Crippen LogP contribution is -2.46. The zero-order chi connectivity index (χ0) is 19.5. The van der Waals surface area contributed by atoms with Gasteiger partial charge in [0, 0.05) is 45.0 Å². The lowest BCUT2D eigenvalue weighted by Gasteiger charge is -2.37. The quantitative estimate of drug-likeness (QED) is 0.804. The molecule has 3 fully saturated rings. The summed E-state index contributed by atoms with van der Waals surface area (Å²) in [6, 6.07) is 2.63. The van der Waals surface area contributed by atoms with E-state index < -0.39 is 0 Å². The van der Waals surface area contributed by atoms with Gasteiger partial charge in [-0.2, -0.15) is 4.98 Å². The topological polar surface area (TPSA) is 82.6 Å². The molecule has 154 valence electrons. The number of rotatable bonds is 5. The number of nitrogens with zero attached hydrogens (tertiary/aromatic N) is 4. The van der Waals surface area contributed by atoms with Crippen LogP contribution < -0.4 is 15.5 Å². The van der Waals surface area contributed by atoms with E-state index in [0.29, 0.717) is 12.0 Å². The van der Waals surface area contributed by atoms with E-state index in [9.17, 15) is 4.79 Å². The first kappa shape index (κ1) is 19.2. The smallest absolute Gasteiger partial charge is 0.317 e. The second kappa shape index (κ2) is 8.51. The minimum Gasteiger partial charge on any atom is -0.376 e. The fourth-order valence-electron chi connectivity index (χ4n) is 4.60. The van der Waals surface area contributed by atoms with Crippen LogP contribution in [0.3, 0.4) is 0 Å². The van der Waals surface area contributed by atoms with Crippen LogP contribution in [-0.2, 0) is 4.74 Å². The van der Waals surface area contributed by atoms with Gasteiger partial charge < -0.3 is 25.2 Å². The van der Waals surface area contributed by atoms with Crippen LogP contribution in [0, 0.1) is 5.92 Å². The van der Waals surface area contributed by atoms with Crippen molar-refractivity contribution in [3.63, 3.8) is 0 Å². The Labute approximate surface area is 167 Å². The van der Waals surface area contributed by atoms with E-state index in [1.54, 1.807) is 0 Å². The molecule has 0 bridgehead atoms. The Morgan fingerprint density at radius 3 is 2.79 bits per heavy atom. The molecule has 0 saturated carbocycles. The number of hydrogen-bond donors (Lipinski definition) is 2. The fraction of sp³-hybridized carbons (Fsp3) is 0.750. The molecule has 4 heterocycles. The van der Waals surface area contributed by atoms with Crippen molar-refractivity contribution < 1.29 is 9.53 Å². The molecule has 0 aliphatic carbocycles. The molecule has 1 aromatic heterocycles. The van der Waals surface area contributed by atoms with Crippen molar-refractivity contribution in [3.05, 3.63) is 12.3 Å². The number of carbonyl (C=O) groups excluding carboxylic acids is 1. The minimum absolute atomic E-state index is 0.0790. The number of ether oxygens (including phenoxy) is 1. The number of anilines is 2. The third kappa shape index (κ3) is 4.16. The van der Waals surface area contributed by atoms with Crippen molar-refractivity contribution in [3.8, 4) is 0 Å². The summed E-state index contributed by atoms with van der Waals surface area (Å²) in [5.41, 5.74) is 0. The van der Waals surface area contributed by atoms with Crippen LogP contribution in [0.4, 0.5) is 16.6 Å². The summed E-state index contributed by atoms with van der Waals surface area (Å²) in [6.45, 7) is 8.60. The molecule has 3 aliphatic rings. The summed E-state index contributed by atoms with van der Waals surface area (Å²) in [6.07, 6.45) is 6.15. The average Bonchev–Trinajstić information content (AvgIpc) is 3.14. The van der Waals surface area contributed by atoms with Crippen molar-refractivity contribution >= 4 is 17.8 Å². The highest BCUT2D eigenvalue weighted by Gasteiger charge is 2.32. The van der Waals surface area contributed by atoms with Gasteiger partial charge in [-0.3, -0.25) is 0 Å². The second-order valence-corrected chi connectivity index (χ2v) is 8.36. The van der Waals surface area contributed by atoms with Gasteiger partial charge in [-0.05, 0) is 37.7 Å². The number of urea groups is 1. The van der Waals surface area contributed by atoms with Gasteiger partial charge in [0.2, 0.25) is 5.95 Å². The lowest BCUT2D eigenvalue weighted by atomic mass is 9.94. The van der Waals surface area contributed by atoms with Crippen LogP contribution in [0.15, 0.2) is 12.3 Å². The zero-order valence-electron chi connectivity index (χ0n) is 16.9. The maximum Gasteiger partial charge on any atom is 0.317 e. The molecule has 3 aliphatic heterocycles. The van der Waals surface area contributed by atoms with E-state index in [1.807, 2.05) is 17.2 Å². The molecular formula is C20H32N6O2. The Morgan fingerprint density at radius 1 is 1.25 bits per heavy atom. The Hall–Kier alpha value is -2.09. The van der Waals surface area contributed by atoms with Crippen LogP contribution in [0.25, 0.3) is 0 Å². The molecule has 8 nitrogen and oxygen atoms in total. The number of hydrogen-bond acceptors (Lipinski definition) is 6. The van der Waals surface area contributed by atoms with Gasteiger partial charge in [-0.15, -0.1) is 0 Å². The maximum atomic E-state index is 11.9. The summed E-state index contributed by atoms with van der Waals surface area (Å²) < 4.78 is 5.99. The predicted molar refractivity (Wildman–Crippen MR) is 109 cm³/mol. The predicted octanol–water partition coefficient (Wildman–Crippen LogP) is 2.09. The first-order chi connectivity index (χ1) is 13.6. The molecule has 8 heteroatoms. The van der Waals surface area contributed by atoms with Gasteiger partial charge in [-0.1, -0.05) is 13.8 Å². The normalized spacial score (nSPS) is 26.6. The van der Waals surface area contributed by atoms with E-state index >= 15 is 0 Å². The molecule has 0 spiro atoms. The average molecular weight is 389 g/mol. The van der Waals surface area contributed by atoms with E-state index in [2.05, 4.69) is 34.4 Å². The SMILES string of the molecule is CC(C)C1OCCCC1Nc1ccnc(N2CCC(N3CCNC3=O)CC2)n1. The number of aromatic nitrogens is 2. The summed E-state index contributed by atoms with van der Waals surface area (Å²) in [5.74, 6) is 2.11. The minimum atomic E-state index is 0.0790. The highest BCUT2D eigenvalue weighted by molar-refractivity contribution is 5.76. The van der Waals surface area contributed by atoms with E-state index in [-0.39, 0.29) is 18.2 Å². The third-order valence-electron chi connectivity index (χ3n) is 6.08. The fourth-order valence-corrected chi connectivity index (χ4v) is 4.60. The van der Waals surface area contributed by atoms with Crippen molar-refractivity contribution in [1.29, 1.82) is 0 Å². The Kier molecular flexibility index (Phi) is 5.85. The van der Waals surface area contributed by atoms with E-state index in [0.717, 1.165) is 70.2 Å². The van der Waals surface area contributed by atoms with Gasteiger partial charge in [0.1, 0.15) is 5.82 Å². The van der Waals surface area contributed by atoms with Gasteiger partial charge in [0.25, 0.3) is 0 Å². The molecule has 2 N–H and O–H groups in total. The van der Waals surface area contributed by atoms with Crippen LogP contribution in [0.1, 0.15) is 39.5 Å². The van der Waals surface area contributed by atoms with Gasteiger partial charge in [0.05, 0.1) is 12.1 Å². The second-order valence-electron chi connectivity index (χ2n) is 8.36. The van der Waals surface area contributed by atoms with Crippen molar-refractivity contribution in [2.75, 3.05) is 43.0 Å². The van der Waals surface area contributed by atoms with Gasteiger partial charge in [0.15, 0.2) is 0 Å². The summed E-state index contributed by atoms with van der Waals surface area (Å²) in [7, 11) is 0. The van der Waals surface area contributed by atoms with Gasteiger partial charge >= 0.3 is 6.03 Å². The monoisotopic (exact) mass is 388 g/mol. The number of nitrogens with one attached hydrogen (secondary N) is 2. The number of amides is 2. The Balaban J connectivity index is 1.37. The number of carbonyl (C=O) groups is 1. The molecule has 2 unspecified atom stereocenters. The number of piperidine rings is 1. The molecule has 0 radical (unpaired) electrons. The van der Waals surface area contributed by atoms with E-state index in [4.69, 9.17) is 9.72 Å². The summed E-state index contributed by atoms with van der Waals surface area (Å²) in [5, 5.41) is 6.48. The zero-order valence-corrected chi connectivity index (χ0v) is 16.9. The largest absolute Gasteiger partial charge is 0.376 e. The standard InChI is InChI=1S/C20H32N6O2/c1-14(2)18-16(4-3-13-28-18)23-17-5-8-21-19(24-17)25-10-6-15(7-11-25)26-12-9-22-20(26)27/h5,8,14-16,18H,3-4,6-7,9-13H2,1-2H3,(H,22,27)(H,21,23,24). The molecule has 1 aromatic rings. The summed E-state index contributed by atoms with van der Waals surface area (Å²) in [4.78, 5) is 25.4. The van der Waals surface area contributed by atoms with Crippen LogP contribution >= 0.6 is 0 Å². The lowest BCUT2D eigenvalue weighted by molar-refractivity contribution is -0.0203. The Bertz CT molecular complexity index is 676. The van der Waals surface area contributed by atoms with Crippen molar-refractivity contribution in [2.45, 2.75) is 57.7 Å². The molecule has 3 saturated heterocycles. The van der Waals surface area contributed by atoms with E-state index in [1.165, 1.54) is 0 Å². The molecule has 2 atom stereocenters. The molecule has 28 heavy (non-hydrogen) atoms. The highest BCUT2D eigenvalue weighted by Crippen LogP contribution is 2.25.